The normalized spacial score (nSPS) is 4.71. The van der Waals surface area contributed by atoms with Crippen molar-refractivity contribution < 1.29 is 40.0 Å². The summed E-state index contributed by atoms with van der Waals surface area (Å²) in [6.07, 6.45) is -1.69. The second-order valence-corrected chi connectivity index (χ2v) is 0.357. The Labute approximate surface area is 69.4 Å². The van der Waals surface area contributed by atoms with Crippen LogP contribution in [-0.2, 0) is 22.0 Å². The quantitative estimate of drug-likeness (QED) is 0.297. The number of carboxylic acid groups (broad SMARTS) is 1. The standard InChI is InChI=1S/CH2O4.Fe.Mg.2H/c2-1(3)5-4;;;;/h4H,(H,2,3);;;;/q;;+2;2*-1. The molecule has 0 spiro atoms. The van der Waals surface area contributed by atoms with Crippen LogP contribution in [0.1, 0.15) is 2.85 Å². The Balaban J connectivity index is -0.0000000133. The predicted octanol–water partition coefficient (Wildman–Crippen LogP) is -0.00430. The van der Waals surface area contributed by atoms with Gasteiger partial charge in [-0.2, -0.15) is 5.26 Å². The molecule has 0 saturated heterocycles. The maximum Gasteiger partial charge on any atom is 2.00 e. The molecule has 0 aliphatic carbocycles. The van der Waals surface area contributed by atoms with E-state index >= 15 is 0 Å². The summed E-state index contributed by atoms with van der Waals surface area (Å²) in [7, 11) is 0. The smallest absolute Gasteiger partial charge is 1.00 e. The molecule has 0 heterocycles. The van der Waals surface area contributed by atoms with Gasteiger partial charge in [0, 0.05) is 17.1 Å². The van der Waals surface area contributed by atoms with Crippen LogP contribution >= 0.6 is 0 Å². The molecule has 0 aromatic rings. The van der Waals surface area contributed by atoms with E-state index in [0.717, 1.165) is 0 Å². The van der Waals surface area contributed by atoms with Crippen LogP contribution in [-0.4, -0.2) is 39.6 Å². The van der Waals surface area contributed by atoms with Crippen LogP contribution in [0.15, 0.2) is 0 Å². The molecule has 6 heteroatoms. The van der Waals surface area contributed by atoms with E-state index in [0.29, 0.717) is 0 Å². The van der Waals surface area contributed by atoms with Crippen LogP contribution in [0.25, 0.3) is 0 Å². The van der Waals surface area contributed by atoms with Gasteiger partial charge in [-0.15, -0.1) is 0 Å². The van der Waals surface area contributed by atoms with Crippen LogP contribution in [0.3, 0.4) is 0 Å². The van der Waals surface area contributed by atoms with E-state index < -0.39 is 6.16 Å². The van der Waals surface area contributed by atoms with Gasteiger partial charge in [-0.25, -0.2) is 4.79 Å². The molecule has 0 atom stereocenters. The second-order valence-electron chi connectivity index (χ2n) is 0.357. The first-order chi connectivity index (χ1) is 2.27. The zero-order chi connectivity index (χ0) is 4.28. The molecule has 0 bridgehead atoms. The summed E-state index contributed by atoms with van der Waals surface area (Å²) in [4.78, 5) is 11.6. The maximum absolute atomic E-state index is 8.90. The predicted molar refractivity (Wildman–Crippen MR) is 19.7 cm³/mol. The van der Waals surface area contributed by atoms with Crippen LogP contribution in [0.2, 0.25) is 0 Å². The van der Waals surface area contributed by atoms with Gasteiger partial charge in [0.05, 0.1) is 0 Å². The van der Waals surface area contributed by atoms with E-state index in [1.54, 1.807) is 0 Å². The Morgan fingerprint density at radius 1 is 1.71 bits per heavy atom. The summed E-state index contributed by atoms with van der Waals surface area (Å²) in [6.45, 7) is 0. The van der Waals surface area contributed by atoms with Crippen LogP contribution in [0.4, 0.5) is 4.79 Å². The van der Waals surface area contributed by atoms with Gasteiger partial charge < -0.3 is 7.96 Å². The summed E-state index contributed by atoms with van der Waals surface area (Å²) in [5, 5.41) is 14.3. The van der Waals surface area contributed by atoms with Crippen molar-refractivity contribution >= 4 is 29.2 Å². The average molecular weight is 160 g/mol. The third-order valence-electron chi connectivity index (χ3n) is 0.0781. The van der Waals surface area contributed by atoms with Crippen LogP contribution in [0.5, 0.6) is 0 Å². The summed E-state index contributed by atoms with van der Waals surface area (Å²) in [5.74, 6) is 0. The van der Waals surface area contributed by atoms with Gasteiger partial charge in [-0.05, 0) is 0 Å². The third-order valence-corrected chi connectivity index (χ3v) is 0.0781. The molecule has 0 aromatic carbocycles. The average Bonchev–Trinajstić information content (AvgIpc) is 1.38. The summed E-state index contributed by atoms with van der Waals surface area (Å²) in [5.41, 5.74) is 0. The molecule has 0 rings (SSSR count). The van der Waals surface area contributed by atoms with Gasteiger partial charge in [-0.1, -0.05) is 0 Å². The Morgan fingerprint density at radius 2 is 1.86 bits per heavy atom. The zero-order valence-corrected chi connectivity index (χ0v) is 5.79. The number of hydrogen-bond donors (Lipinski definition) is 2. The van der Waals surface area contributed by atoms with Gasteiger partial charge in [0.1, 0.15) is 0 Å². The minimum absolute atomic E-state index is 0. The fourth-order valence-electron chi connectivity index (χ4n) is 0. The van der Waals surface area contributed by atoms with Crippen molar-refractivity contribution in [3.8, 4) is 0 Å². The zero-order valence-electron chi connectivity index (χ0n) is 5.27. The summed E-state index contributed by atoms with van der Waals surface area (Å²) in [6, 6.07) is 0. The fraction of sp³-hybridized carbons (Fsp3) is 0. The molecule has 7 heavy (non-hydrogen) atoms. The maximum atomic E-state index is 8.90. The van der Waals surface area contributed by atoms with Crippen molar-refractivity contribution in [1.29, 1.82) is 0 Å². The minimum Gasteiger partial charge on any atom is -1.00 e. The van der Waals surface area contributed by atoms with Crippen molar-refractivity contribution in [2.75, 3.05) is 0 Å². The molecular weight excluding hydrogens is 156 g/mol. The molecule has 0 radical (unpaired) electrons. The van der Waals surface area contributed by atoms with E-state index in [4.69, 9.17) is 15.2 Å². The number of carbonyl (C=O) groups is 1. The van der Waals surface area contributed by atoms with E-state index in [2.05, 4.69) is 4.89 Å². The molecule has 0 fully saturated rings. The van der Waals surface area contributed by atoms with E-state index in [9.17, 15) is 0 Å². The first kappa shape index (κ1) is 15.6. The van der Waals surface area contributed by atoms with Crippen molar-refractivity contribution in [1.82, 2.24) is 0 Å². The molecular formula is CH4FeMgO4. The first-order valence-corrected chi connectivity index (χ1v) is 0.814. The fourth-order valence-corrected chi connectivity index (χ4v) is 0. The third kappa shape index (κ3) is 21.0. The van der Waals surface area contributed by atoms with E-state index in [-0.39, 0.29) is 43.0 Å². The minimum atomic E-state index is -1.69. The summed E-state index contributed by atoms with van der Waals surface area (Å²) < 4.78 is 0. The molecule has 42 valence electrons. The number of rotatable bonds is 0. The SMILES string of the molecule is O=C(O)OO.[Fe].[H-].[H-].[Mg+2]. The molecule has 0 aliphatic rings. The Bertz CT molecular complexity index is 53.8. The van der Waals surface area contributed by atoms with Crippen molar-refractivity contribution in [2.45, 2.75) is 0 Å². The Kier molecular flexibility index (Phi) is 21.7. The van der Waals surface area contributed by atoms with Crippen LogP contribution < -0.4 is 0 Å². The molecule has 2 N–H and O–H groups in total. The van der Waals surface area contributed by atoms with E-state index in [1.165, 1.54) is 0 Å². The topological polar surface area (TPSA) is 66.8 Å². The van der Waals surface area contributed by atoms with Gasteiger partial charge in [0.25, 0.3) is 0 Å². The molecule has 4 nitrogen and oxygen atoms in total. The first-order valence-electron chi connectivity index (χ1n) is 0.814. The molecule has 0 amide bonds. The Morgan fingerprint density at radius 3 is 1.86 bits per heavy atom. The van der Waals surface area contributed by atoms with Gasteiger partial charge in [-0.3, -0.25) is 4.89 Å². The monoisotopic (exact) mass is 160 g/mol. The molecule has 0 aliphatic heterocycles. The second kappa shape index (κ2) is 9.72. The van der Waals surface area contributed by atoms with Crippen molar-refractivity contribution in [3.05, 3.63) is 0 Å². The van der Waals surface area contributed by atoms with Gasteiger partial charge >= 0.3 is 29.2 Å². The largest absolute Gasteiger partial charge is 2.00 e. The van der Waals surface area contributed by atoms with E-state index in [1.807, 2.05) is 0 Å². The number of hydrogen-bond acceptors (Lipinski definition) is 3. The molecule has 0 saturated carbocycles. The molecule has 0 unspecified atom stereocenters. The van der Waals surface area contributed by atoms with Gasteiger partial charge in [0.15, 0.2) is 0 Å². The molecule has 0 aromatic heterocycles. The summed E-state index contributed by atoms with van der Waals surface area (Å²) >= 11 is 0. The van der Waals surface area contributed by atoms with Crippen molar-refractivity contribution in [3.63, 3.8) is 0 Å². The van der Waals surface area contributed by atoms with Crippen LogP contribution in [0, 0.1) is 0 Å². The van der Waals surface area contributed by atoms with Gasteiger partial charge in [0.2, 0.25) is 0 Å². The Hall–Kier alpha value is 0.516. The van der Waals surface area contributed by atoms with Crippen molar-refractivity contribution in [2.24, 2.45) is 0 Å².